The van der Waals surface area contributed by atoms with Crippen LogP contribution in [0.25, 0.3) is 0 Å². The van der Waals surface area contributed by atoms with Crippen LogP contribution in [0.2, 0.25) is 0 Å². The first-order chi connectivity index (χ1) is 16.2. The van der Waals surface area contributed by atoms with Crippen LogP contribution in [0, 0.1) is 0 Å². The standard InChI is InChI=1S/C25H23F3N2O4/c1-3-30(16-23(31)29-21-12-4-5-13-22(21)33-2)24(32)17-8-6-10-19(14-17)34-20-11-7-9-18(15-20)25(26,27)28/h4-15H,3,16H2,1-2H3,(H,29,31). The van der Waals surface area contributed by atoms with Gasteiger partial charge in [-0.3, -0.25) is 9.59 Å². The van der Waals surface area contributed by atoms with Gasteiger partial charge >= 0.3 is 6.18 Å². The molecule has 1 N–H and O–H groups in total. The molecule has 3 aromatic carbocycles. The highest BCUT2D eigenvalue weighted by Gasteiger charge is 2.30. The predicted octanol–water partition coefficient (Wildman–Crippen LogP) is 5.61. The van der Waals surface area contributed by atoms with Crippen molar-refractivity contribution in [3.8, 4) is 17.2 Å². The van der Waals surface area contributed by atoms with Gasteiger partial charge in [0.05, 0.1) is 18.4 Å². The second-order valence-electron chi connectivity index (χ2n) is 7.22. The monoisotopic (exact) mass is 472 g/mol. The average molecular weight is 472 g/mol. The Bertz CT molecular complexity index is 1160. The number of benzene rings is 3. The van der Waals surface area contributed by atoms with E-state index in [1.165, 1.54) is 36.3 Å². The maximum absolute atomic E-state index is 13.0. The quantitative estimate of drug-likeness (QED) is 0.463. The van der Waals surface area contributed by atoms with Crippen molar-refractivity contribution in [2.45, 2.75) is 13.1 Å². The number of ether oxygens (including phenoxy) is 2. The number of rotatable bonds is 8. The predicted molar refractivity (Wildman–Crippen MR) is 121 cm³/mol. The molecule has 0 bridgehead atoms. The van der Waals surface area contributed by atoms with E-state index in [0.717, 1.165) is 12.1 Å². The topological polar surface area (TPSA) is 67.9 Å². The van der Waals surface area contributed by atoms with Crippen molar-refractivity contribution in [1.29, 1.82) is 0 Å². The van der Waals surface area contributed by atoms with Gasteiger partial charge in [0.25, 0.3) is 5.91 Å². The fraction of sp³-hybridized carbons (Fsp3) is 0.200. The number of nitrogens with zero attached hydrogens (tertiary/aromatic N) is 1. The highest BCUT2D eigenvalue weighted by Crippen LogP contribution is 2.33. The first-order valence-corrected chi connectivity index (χ1v) is 10.4. The lowest BCUT2D eigenvalue weighted by Gasteiger charge is -2.21. The summed E-state index contributed by atoms with van der Waals surface area (Å²) in [6, 6.07) is 17.4. The largest absolute Gasteiger partial charge is 0.495 e. The number of nitrogens with one attached hydrogen (secondary N) is 1. The third-order valence-corrected chi connectivity index (χ3v) is 4.86. The SMILES string of the molecule is CCN(CC(=O)Nc1ccccc1OC)C(=O)c1cccc(Oc2cccc(C(F)(F)F)c2)c1. The van der Waals surface area contributed by atoms with Crippen LogP contribution in [0.5, 0.6) is 17.2 Å². The van der Waals surface area contributed by atoms with Gasteiger partial charge < -0.3 is 19.7 Å². The van der Waals surface area contributed by atoms with E-state index in [0.29, 0.717) is 11.4 Å². The van der Waals surface area contributed by atoms with Gasteiger partial charge in [0.15, 0.2) is 0 Å². The van der Waals surface area contributed by atoms with Crippen molar-refractivity contribution in [2.75, 3.05) is 25.5 Å². The van der Waals surface area contributed by atoms with Gasteiger partial charge in [0.1, 0.15) is 23.8 Å². The first-order valence-electron chi connectivity index (χ1n) is 10.4. The zero-order valence-corrected chi connectivity index (χ0v) is 18.6. The van der Waals surface area contributed by atoms with Crippen LogP contribution in [0.4, 0.5) is 18.9 Å². The minimum Gasteiger partial charge on any atom is -0.495 e. The fourth-order valence-electron chi connectivity index (χ4n) is 3.19. The Kier molecular flexibility index (Phi) is 7.78. The Hall–Kier alpha value is -4.01. The molecule has 0 aliphatic rings. The Morgan fingerprint density at radius 3 is 2.29 bits per heavy atom. The molecule has 3 aromatic rings. The van der Waals surface area contributed by atoms with Crippen LogP contribution in [-0.2, 0) is 11.0 Å². The number of hydrogen-bond acceptors (Lipinski definition) is 4. The van der Waals surface area contributed by atoms with E-state index in [1.807, 2.05) is 0 Å². The lowest BCUT2D eigenvalue weighted by atomic mass is 10.1. The molecule has 3 rings (SSSR count). The van der Waals surface area contributed by atoms with Crippen molar-refractivity contribution >= 4 is 17.5 Å². The smallest absolute Gasteiger partial charge is 0.416 e. The molecule has 0 unspecified atom stereocenters. The van der Waals surface area contributed by atoms with Gasteiger partial charge in [-0.25, -0.2) is 0 Å². The summed E-state index contributed by atoms with van der Waals surface area (Å²) in [7, 11) is 1.49. The number of para-hydroxylation sites is 2. The molecule has 6 nitrogen and oxygen atoms in total. The van der Waals surface area contributed by atoms with Gasteiger partial charge in [-0.1, -0.05) is 24.3 Å². The van der Waals surface area contributed by atoms with E-state index in [1.54, 1.807) is 43.3 Å². The summed E-state index contributed by atoms with van der Waals surface area (Å²) in [6.45, 7) is 1.79. The number of alkyl halides is 3. The molecule has 34 heavy (non-hydrogen) atoms. The molecule has 9 heteroatoms. The number of amides is 2. The Morgan fingerprint density at radius 1 is 0.941 bits per heavy atom. The summed E-state index contributed by atoms with van der Waals surface area (Å²) in [5.41, 5.74) is -0.123. The van der Waals surface area contributed by atoms with Crippen molar-refractivity contribution in [2.24, 2.45) is 0 Å². The molecular weight excluding hydrogens is 449 g/mol. The van der Waals surface area contributed by atoms with Crippen LogP contribution < -0.4 is 14.8 Å². The third-order valence-electron chi connectivity index (χ3n) is 4.86. The summed E-state index contributed by atoms with van der Waals surface area (Å²) < 4.78 is 49.6. The molecule has 0 aliphatic carbocycles. The van der Waals surface area contributed by atoms with Gasteiger partial charge in [-0.05, 0) is 55.5 Å². The highest BCUT2D eigenvalue weighted by molar-refractivity contribution is 6.00. The molecule has 0 atom stereocenters. The molecule has 0 saturated heterocycles. The summed E-state index contributed by atoms with van der Waals surface area (Å²) in [6.07, 6.45) is -4.50. The van der Waals surface area contributed by atoms with Gasteiger partial charge in [-0.15, -0.1) is 0 Å². The minimum absolute atomic E-state index is 0.0112. The van der Waals surface area contributed by atoms with Crippen LogP contribution >= 0.6 is 0 Å². The van der Waals surface area contributed by atoms with E-state index in [2.05, 4.69) is 5.32 Å². The lowest BCUT2D eigenvalue weighted by molar-refractivity contribution is -0.137. The number of hydrogen-bond donors (Lipinski definition) is 1. The van der Waals surface area contributed by atoms with Gasteiger partial charge in [-0.2, -0.15) is 13.2 Å². The first kappa shape index (κ1) is 24.6. The van der Waals surface area contributed by atoms with E-state index < -0.39 is 23.6 Å². The zero-order valence-electron chi connectivity index (χ0n) is 18.6. The van der Waals surface area contributed by atoms with E-state index in [9.17, 15) is 22.8 Å². The number of carbonyl (C=O) groups is 2. The second kappa shape index (κ2) is 10.7. The van der Waals surface area contributed by atoms with E-state index in [4.69, 9.17) is 9.47 Å². The van der Waals surface area contributed by atoms with Gasteiger partial charge in [0.2, 0.25) is 5.91 Å². The van der Waals surface area contributed by atoms with Crippen LogP contribution in [0.3, 0.4) is 0 Å². The van der Waals surface area contributed by atoms with Crippen molar-refractivity contribution in [1.82, 2.24) is 4.90 Å². The van der Waals surface area contributed by atoms with Crippen LogP contribution in [-0.4, -0.2) is 36.9 Å². The van der Waals surface area contributed by atoms with E-state index in [-0.39, 0.29) is 30.2 Å². The third kappa shape index (κ3) is 6.28. The van der Waals surface area contributed by atoms with E-state index >= 15 is 0 Å². The van der Waals surface area contributed by atoms with Crippen LogP contribution in [0.15, 0.2) is 72.8 Å². The maximum Gasteiger partial charge on any atom is 0.416 e. The molecule has 2 amide bonds. The fourth-order valence-corrected chi connectivity index (χ4v) is 3.19. The summed E-state index contributed by atoms with van der Waals surface area (Å²) in [5.74, 6) is -0.157. The number of anilines is 1. The van der Waals surface area contributed by atoms with Crippen LogP contribution in [0.1, 0.15) is 22.8 Å². The molecular formula is C25H23F3N2O4. The number of methoxy groups -OCH3 is 1. The normalized spacial score (nSPS) is 11.0. The molecule has 0 aromatic heterocycles. The summed E-state index contributed by atoms with van der Waals surface area (Å²) in [4.78, 5) is 26.9. The Morgan fingerprint density at radius 2 is 1.62 bits per heavy atom. The van der Waals surface area contributed by atoms with Crippen molar-refractivity contribution in [3.05, 3.63) is 83.9 Å². The molecule has 0 radical (unpaired) electrons. The molecule has 0 aliphatic heterocycles. The molecule has 0 saturated carbocycles. The van der Waals surface area contributed by atoms with Crippen molar-refractivity contribution in [3.63, 3.8) is 0 Å². The Labute approximate surface area is 194 Å². The highest BCUT2D eigenvalue weighted by atomic mass is 19.4. The maximum atomic E-state index is 13.0. The number of halogens is 3. The molecule has 178 valence electrons. The second-order valence-corrected chi connectivity index (χ2v) is 7.22. The molecule has 0 spiro atoms. The summed E-state index contributed by atoms with van der Waals surface area (Å²) in [5, 5.41) is 2.72. The summed E-state index contributed by atoms with van der Waals surface area (Å²) >= 11 is 0. The van der Waals surface area contributed by atoms with Crippen molar-refractivity contribution < 1.29 is 32.2 Å². The lowest BCUT2D eigenvalue weighted by Crippen LogP contribution is -2.37. The van der Waals surface area contributed by atoms with Gasteiger partial charge in [0, 0.05) is 12.1 Å². The molecule has 0 fully saturated rings. The number of carbonyl (C=O) groups excluding carboxylic acids is 2. The average Bonchev–Trinajstić information content (AvgIpc) is 2.82. The zero-order chi connectivity index (χ0) is 24.7. The number of likely N-dealkylation sites (N-methyl/N-ethyl adjacent to an activating group) is 1. The minimum atomic E-state index is -4.50. The molecule has 0 heterocycles. The Balaban J connectivity index is 1.71.